The smallest absolute Gasteiger partial charge is 0.254 e. The van der Waals surface area contributed by atoms with Crippen molar-refractivity contribution >= 4 is 34.5 Å². The summed E-state index contributed by atoms with van der Waals surface area (Å²) >= 11 is 1.76. The van der Waals surface area contributed by atoms with E-state index < -0.39 is 0 Å². The van der Waals surface area contributed by atoms with E-state index in [2.05, 4.69) is 22.1 Å². The van der Waals surface area contributed by atoms with Crippen LogP contribution in [-0.2, 0) is 17.8 Å². The van der Waals surface area contributed by atoms with Gasteiger partial charge in [-0.15, -0.1) is 11.3 Å². The first-order valence-electron chi connectivity index (χ1n) is 10.2. The summed E-state index contributed by atoms with van der Waals surface area (Å²) < 4.78 is 5.18. The minimum atomic E-state index is -0.176. The van der Waals surface area contributed by atoms with Gasteiger partial charge in [0.15, 0.2) is 0 Å². The van der Waals surface area contributed by atoms with Crippen molar-refractivity contribution in [3.63, 3.8) is 0 Å². The lowest BCUT2D eigenvalue weighted by Crippen LogP contribution is -2.35. The Hall–Kier alpha value is -3.32. The zero-order valence-electron chi connectivity index (χ0n) is 17.6. The number of benzene rings is 2. The van der Waals surface area contributed by atoms with E-state index in [1.807, 2.05) is 48.2 Å². The number of methoxy groups -OCH3 is 1. The third kappa shape index (κ3) is 4.72. The number of hydrogen-bond donors (Lipinski definition) is 2. The number of carbonyl (C=O) groups is 2. The SMILES string of the molecule is COc1cccc(NC(=O)CNc2cccc(C(=O)N3CCc4sccc4C3)c2C)c1. The summed E-state index contributed by atoms with van der Waals surface area (Å²) in [6.45, 7) is 3.39. The molecule has 2 aromatic carbocycles. The number of hydrogen-bond acceptors (Lipinski definition) is 5. The predicted molar refractivity (Wildman–Crippen MR) is 124 cm³/mol. The fourth-order valence-corrected chi connectivity index (χ4v) is 4.62. The number of amides is 2. The van der Waals surface area contributed by atoms with E-state index >= 15 is 0 Å². The van der Waals surface area contributed by atoms with Crippen LogP contribution in [0.3, 0.4) is 0 Å². The summed E-state index contributed by atoms with van der Waals surface area (Å²) in [7, 11) is 1.59. The maximum absolute atomic E-state index is 13.2. The summed E-state index contributed by atoms with van der Waals surface area (Å²) in [5, 5.41) is 8.09. The predicted octanol–water partition coefficient (Wildman–Crippen LogP) is 4.31. The molecule has 0 unspecified atom stereocenters. The first kappa shape index (κ1) is 20.9. The molecule has 2 heterocycles. The monoisotopic (exact) mass is 435 g/mol. The number of rotatable bonds is 6. The first-order valence-corrected chi connectivity index (χ1v) is 11.0. The second-order valence-electron chi connectivity index (χ2n) is 7.46. The first-order chi connectivity index (χ1) is 15.0. The molecule has 0 fully saturated rings. The van der Waals surface area contributed by atoms with E-state index in [-0.39, 0.29) is 18.4 Å². The minimum absolute atomic E-state index is 0.0267. The number of fused-ring (bicyclic) bond motifs is 1. The van der Waals surface area contributed by atoms with Crippen LogP contribution in [0, 0.1) is 6.92 Å². The molecule has 0 radical (unpaired) electrons. The molecule has 3 aromatic rings. The second-order valence-corrected chi connectivity index (χ2v) is 8.46. The second kappa shape index (κ2) is 9.22. The molecule has 0 atom stereocenters. The van der Waals surface area contributed by atoms with Crippen LogP contribution in [0.5, 0.6) is 5.75 Å². The van der Waals surface area contributed by atoms with Crippen molar-refractivity contribution in [2.75, 3.05) is 30.8 Å². The normalized spacial score (nSPS) is 12.8. The van der Waals surface area contributed by atoms with Crippen molar-refractivity contribution in [1.29, 1.82) is 0 Å². The Morgan fingerprint density at radius 3 is 2.84 bits per heavy atom. The molecule has 6 nitrogen and oxygen atoms in total. The van der Waals surface area contributed by atoms with Crippen molar-refractivity contribution in [2.45, 2.75) is 19.9 Å². The van der Waals surface area contributed by atoms with Gasteiger partial charge < -0.3 is 20.3 Å². The van der Waals surface area contributed by atoms with Crippen molar-refractivity contribution in [3.05, 3.63) is 75.5 Å². The fraction of sp³-hybridized carbons (Fsp3) is 0.250. The van der Waals surface area contributed by atoms with Crippen LogP contribution >= 0.6 is 11.3 Å². The zero-order valence-corrected chi connectivity index (χ0v) is 18.4. The minimum Gasteiger partial charge on any atom is -0.497 e. The summed E-state index contributed by atoms with van der Waals surface area (Å²) in [6.07, 6.45) is 0.903. The summed E-state index contributed by atoms with van der Waals surface area (Å²) in [4.78, 5) is 28.8. The maximum Gasteiger partial charge on any atom is 0.254 e. The van der Waals surface area contributed by atoms with Gasteiger partial charge in [-0.1, -0.05) is 12.1 Å². The Morgan fingerprint density at radius 1 is 1.16 bits per heavy atom. The zero-order chi connectivity index (χ0) is 21.8. The van der Waals surface area contributed by atoms with Crippen molar-refractivity contribution in [2.24, 2.45) is 0 Å². The number of ether oxygens (including phenoxy) is 1. The van der Waals surface area contributed by atoms with Crippen LogP contribution in [0.15, 0.2) is 53.9 Å². The van der Waals surface area contributed by atoms with Gasteiger partial charge in [0.2, 0.25) is 5.91 Å². The molecule has 1 aliphatic heterocycles. The Bertz CT molecular complexity index is 1110. The molecule has 0 saturated carbocycles. The number of anilines is 2. The van der Waals surface area contributed by atoms with Crippen molar-refractivity contribution in [3.8, 4) is 5.75 Å². The Kier molecular flexibility index (Phi) is 6.23. The molecular weight excluding hydrogens is 410 g/mol. The van der Waals surface area contributed by atoms with Gasteiger partial charge in [-0.2, -0.15) is 0 Å². The van der Waals surface area contributed by atoms with Crippen LogP contribution in [0.4, 0.5) is 11.4 Å². The van der Waals surface area contributed by atoms with Gasteiger partial charge in [-0.05, 0) is 60.2 Å². The average Bonchev–Trinajstić information content (AvgIpc) is 3.26. The molecule has 2 N–H and O–H groups in total. The van der Waals surface area contributed by atoms with E-state index in [9.17, 15) is 9.59 Å². The third-order valence-electron chi connectivity index (χ3n) is 5.45. The molecule has 1 aromatic heterocycles. The molecular formula is C24H25N3O3S. The van der Waals surface area contributed by atoms with Gasteiger partial charge in [0, 0.05) is 41.0 Å². The number of nitrogens with zero attached hydrogens (tertiary/aromatic N) is 1. The highest BCUT2D eigenvalue weighted by Crippen LogP contribution is 2.27. The molecule has 0 saturated heterocycles. The molecule has 160 valence electrons. The summed E-state index contributed by atoms with van der Waals surface area (Å²) in [5.74, 6) is 0.532. The van der Waals surface area contributed by atoms with Crippen LogP contribution in [-0.4, -0.2) is 36.9 Å². The highest BCUT2D eigenvalue weighted by molar-refractivity contribution is 7.10. The molecule has 4 rings (SSSR count). The highest BCUT2D eigenvalue weighted by atomic mass is 32.1. The van der Waals surface area contributed by atoms with Gasteiger partial charge in [-0.3, -0.25) is 9.59 Å². The van der Waals surface area contributed by atoms with Crippen molar-refractivity contribution < 1.29 is 14.3 Å². The molecule has 7 heteroatoms. The molecule has 2 amide bonds. The van der Waals surface area contributed by atoms with Gasteiger partial charge >= 0.3 is 0 Å². The van der Waals surface area contributed by atoms with Crippen LogP contribution < -0.4 is 15.4 Å². The number of nitrogens with one attached hydrogen (secondary N) is 2. The van der Waals surface area contributed by atoms with E-state index in [4.69, 9.17) is 4.74 Å². The van der Waals surface area contributed by atoms with Gasteiger partial charge in [0.1, 0.15) is 5.75 Å². The lowest BCUT2D eigenvalue weighted by atomic mass is 10.0. The molecule has 0 aliphatic carbocycles. The van der Waals surface area contributed by atoms with Crippen LogP contribution in [0.25, 0.3) is 0 Å². The topological polar surface area (TPSA) is 70.7 Å². The van der Waals surface area contributed by atoms with E-state index in [0.29, 0.717) is 23.5 Å². The lowest BCUT2D eigenvalue weighted by molar-refractivity contribution is -0.114. The molecule has 31 heavy (non-hydrogen) atoms. The fourth-order valence-electron chi connectivity index (χ4n) is 3.73. The van der Waals surface area contributed by atoms with E-state index in [1.54, 1.807) is 24.5 Å². The summed E-state index contributed by atoms with van der Waals surface area (Å²) in [6, 6.07) is 14.9. The van der Waals surface area contributed by atoms with E-state index in [0.717, 1.165) is 24.2 Å². The Labute approximate surface area is 185 Å². The largest absolute Gasteiger partial charge is 0.497 e. The molecule has 1 aliphatic rings. The number of thiophene rings is 1. The molecule has 0 bridgehead atoms. The third-order valence-corrected chi connectivity index (χ3v) is 6.47. The standard InChI is InChI=1S/C24H25N3O3S/c1-16-20(24(29)27-11-9-22-17(15-27)10-12-31-22)7-4-8-21(16)25-14-23(28)26-18-5-3-6-19(13-18)30-2/h3-8,10,12-13,25H,9,11,14-15H2,1-2H3,(H,26,28). The Morgan fingerprint density at radius 2 is 2.00 bits per heavy atom. The Balaban J connectivity index is 1.40. The van der Waals surface area contributed by atoms with Crippen LogP contribution in [0.2, 0.25) is 0 Å². The maximum atomic E-state index is 13.2. The van der Waals surface area contributed by atoms with Gasteiger partial charge in [0.25, 0.3) is 5.91 Å². The quantitative estimate of drug-likeness (QED) is 0.605. The lowest BCUT2D eigenvalue weighted by Gasteiger charge is -2.28. The summed E-state index contributed by atoms with van der Waals surface area (Å²) in [5.41, 5.74) is 4.20. The van der Waals surface area contributed by atoms with Crippen LogP contribution in [0.1, 0.15) is 26.4 Å². The van der Waals surface area contributed by atoms with Gasteiger partial charge in [0.05, 0.1) is 13.7 Å². The van der Waals surface area contributed by atoms with Gasteiger partial charge in [-0.25, -0.2) is 0 Å². The van der Waals surface area contributed by atoms with E-state index in [1.165, 1.54) is 10.4 Å². The highest BCUT2D eigenvalue weighted by Gasteiger charge is 2.24. The average molecular weight is 436 g/mol. The van der Waals surface area contributed by atoms with Crippen molar-refractivity contribution in [1.82, 2.24) is 4.90 Å². The molecule has 0 spiro atoms. The number of carbonyl (C=O) groups excluding carboxylic acids is 2.